The van der Waals surface area contributed by atoms with Gasteiger partial charge in [0.1, 0.15) is 11.5 Å². The number of hydrogen-bond acceptors (Lipinski definition) is 9. The molecule has 3 heterocycles. The number of carbonyl (C=O) groups is 3. The van der Waals surface area contributed by atoms with Gasteiger partial charge in [0.15, 0.2) is 11.6 Å². The average Bonchev–Trinajstić information content (AvgIpc) is 3.55. The van der Waals surface area contributed by atoms with Crippen molar-refractivity contribution in [1.82, 2.24) is 4.98 Å². The van der Waals surface area contributed by atoms with Crippen LogP contribution in [-0.2, 0) is 17.6 Å². The van der Waals surface area contributed by atoms with Crippen LogP contribution >= 0.6 is 22.7 Å². The largest absolute Gasteiger partial charge is 0.513 e. The maximum Gasteiger partial charge on any atom is 0.303 e. The number of aliphatic hydroxyl groups excluding tert-OH is 1. The molecule has 0 fully saturated rings. The summed E-state index contributed by atoms with van der Waals surface area (Å²) < 4.78 is 13.0. The lowest BCUT2D eigenvalue weighted by Gasteiger charge is -2.10. The van der Waals surface area contributed by atoms with Gasteiger partial charge in [-0.1, -0.05) is 6.58 Å². The number of allylic oxidation sites excluding steroid dienone is 1. The Labute approximate surface area is 239 Å². The van der Waals surface area contributed by atoms with Crippen molar-refractivity contribution < 1.29 is 34.1 Å². The first-order valence-corrected chi connectivity index (χ1v) is 14.5. The summed E-state index contributed by atoms with van der Waals surface area (Å²) in [5, 5.41) is 19.1. The summed E-state index contributed by atoms with van der Waals surface area (Å²) in [5.74, 6) is 0.248. The van der Waals surface area contributed by atoms with E-state index in [9.17, 15) is 19.5 Å². The third-order valence-corrected chi connectivity index (χ3v) is 8.80. The molecule has 0 aliphatic heterocycles. The van der Waals surface area contributed by atoms with Gasteiger partial charge in [-0.3, -0.25) is 14.4 Å². The van der Waals surface area contributed by atoms with Gasteiger partial charge in [-0.2, -0.15) is 0 Å². The van der Waals surface area contributed by atoms with Crippen molar-refractivity contribution in [2.45, 2.75) is 51.4 Å². The number of unbranched alkanes of at least 4 members (excludes halogenated alkanes) is 1. The van der Waals surface area contributed by atoms with E-state index < -0.39 is 5.97 Å². The van der Waals surface area contributed by atoms with Crippen LogP contribution in [0.2, 0.25) is 0 Å². The number of thiophene rings is 2. The highest BCUT2D eigenvalue weighted by atomic mass is 32.1. The number of rotatable bonds is 15. The number of benzene rings is 1. The smallest absolute Gasteiger partial charge is 0.303 e. The van der Waals surface area contributed by atoms with Gasteiger partial charge in [0.05, 0.1) is 52.1 Å². The van der Waals surface area contributed by atoms with Crippen LogP contribution in [0.4, 0.5) is 0 Å². The summed E-state index contributed by atoms with van der Waals surface area (Å²) in [6.07, 6.45) is 3.45. The molecule has 2 N–H and O–H groups in total. The van der Waals surface area contributed by atoms with Gasteiger partial charge in [0.25, 0.3) is 0 Å². The van der Waals surface area contributed by atoms with Crippen molar-refractivity contribution in [3.63, 3.8) is 0 Å². The highest BCUT2D eigenvalue weighted by Gasteiger charge is 2.17. The number of fused-ring (bicyclic) bond motifs is 2. The predicted molar refractivity (Wildman–Crippen MR) is 158 cm³/mol. The first-order chi connectivity index (χ1) is 19.2. The lowest BCUT2D eigenvalue weighted by Crippen LogP contribution is -2.01. The summed E-state index contributed by atoms with van der Waals surface area (Å²) >= 11 is 2.72. The van der Waals surface area contributed by atoms with Crippen molar-refractivity contribution in [3.8, 4) is 11.5 Å². The van der Waals surface area contributed by atoms with E-state index in [-0.39, 0.29) is 43.0 Å². The molecule has 210 valence electrons. The van der Waals surface area contributed by atoms with Crippen LogP contribution in [0.1, 0.15) is 69.1 Å². The van der Waals surface area contributed by atoms with E-state index >= 15 is 0 Å². The number of carboxylic acids is 1. The molecule has 0 spiro atoms. The Balaban J connectivity index is 1.42. The molecule has 8 nitrogen and oxygen atoms in total. The number of aryl methyl sites for hydroxylation is 2. The highest BCUT2D eigenvalue weighted by molar-refractivity contribution is 7.21. The number of aliphatic carboxylic acids is 1. The van der Waals surface area contributed by atoms with Crippen LogP contribution in [-0.4, -0.2) is 47.0 Å². The minimum atomic E-state index is -0.995. The number of methoxy groups -OCH3 is 2. The molecular weight excluding hydrogens is 550 g/mol. The molecule has 0 aliphatic rings. The molecule has 0 amide bonds. The Morgan fingerprint density at radius 1 is 0.800 bits per heavy atom. The third kappa shape index (κ3) is 7.05. The van der Waals surface area contributed by atoms with Crippen LogP contribution in [0.3, 0.4) is 0 Å². The van der Waals surface area contributed by atoms with Gasteiger partial charge in [-0.25, -0.2) is 4.98 Å². The van der Waals surface area contributed by atoms with Gasteiger partial charge < -0.3 is 19.7 Å². The fourth-order valence-corrected chi connectivity index (χ4v) is 6.49. The summed E-state index contributed by atoms with van der Waals surface area (Å²) in [6.45, 7) is 3.44. The molecule has 0 saturated carbocycles. The summed E-state index contributed by atoms with van der Waals surface area (Å²) in [7, 11) is 3.24. The fourth-order valence-electron chi connectivity index (χ4n) is 4.45. The number of pyridine rings is 1. The molecule has 1 aromatic carbocycles. The average molecular weight is 582 g/mol. The second kappa shape index (κ2) is 13.1. The quantitative estimate of drug-likeness (QED) is 0.0860. The van der Waals surface area contributed by atoms with E-state index in [4.69, 9.17) is 19.6 Å². The van der Waals surface area contributed by atoms with Gasteiger partial charge in [-0.05, 0) is 60.9 Å². The number of carboxylic acid groups (broad SMARTS) is 1. The third-order valence-electron chi connectivity index (χ3n) is 6.55. The van der Waals surface area contributed by atoms with Crippen molar-refractivity contribution >= 4 is 60.5 Å². The minimum absolute atomic E-state index is 0.00862. The number of aliphatic hydroxyl groups is 1. The van der Waals surface area contributed by atoms with E-state index in [0.717, 1.165) is 51.1 Å². The summed E-state index contributed by atoms with van der Waals surface area (Å²) in [6, 6.07) is 9.57. The molecule has 4 aromatic rings. The number of hydrogen-bond donors (Lipinski definition) is 2. The highest BCUT2D eigenvalue weighted by Crippen LogP contribution is 2.35. The van der Waals surface area contributed by atoms with E-state index in [1.165, 1.54) is 22.7 Å². The Hall–Kier alpha value is -3.76. The van der Waals surface area contributed by atoms with Crippen LogP contribution in [0.15, 0.2) is 42.7 Å². The summed E-state index contributed by atoms with van der Waals surface area (Å²) in [4.78, 5) is 41.6. The molecule has 10 heteroatoms. The Kier molecular flexibility index (Phi) is 9.54. The first kappa shape index (κ1) is 29.2. The second-order valence-corrected chi connectivity index (χ2v) is 11.6. The zero-order valence-electron chi connectivity index (χ0n) is 22.5. The Morgan fingerprint density at radius 3 is 2.10 bits per heavy atom. The van der Waals surface area contributed by atoms with Gasteiger partial charge in [0.2, 0.25) is 0 Å². The number of ketones is 2. The normalized spacial score (nSPS) is 11.2. The molecule has 40 heavy (non-hydrogen) atoms. The number of carbonyl (C=O) groups excluding carboxylic acids is 2. The van der Waals surface area contributed by atoms with E-state index in [0.29, 0.717) is 27.4 Å². The molecule has 0 saturated heterocycles. The number of Topliss-reactive ketones (excluding diaryl/α,β-unsaturated/α-hetero) is 2. The van der Waals surface area contributed by atoms with Crippen molar-refractivity contribution in [3.05, 3.63) is 63.7 Å². The van der Waals surface area contributed by atoms with E-state index in [1.807, 2.05) is 18.2 Å². The maximum absolute atomic E-state index is 12.5. The SMILES string of the molecule is C=C(O)CCC(=O)c1cc2cc(CCCCc3nc4cc(C(=O)CCC(=O)O)sc4cc3OC)c(OC)cc2s1. The van der Waals surface area contributed by atoms with Gasteiger partial charge in [-0.15, -0.1) is 22.7 Å². The second-order valence-electron chi connectivity index (χ2n) is 9.46. The van der Waals surface area contributed by atoms with E-state index in [1.54, 1.807) is 20.3 Å². The molecule has 4 rings (SSSR count). The molecule has 0 unspecified atom stereocenters. The number of nitrogens with zero attached hydrogens (tertiary/aromatic N) is 1. The summed E-state index contributed by atoms with van der Waals surface area (Å²) in [5.41, 5.74) is 2.58. The number of ether oxygens (including phenoxy) is 2. The fraction of sp³-hybridized carbons (Fsp3) is 0.333. The molecule has 0 aliphatic carbocycles. The predicted octanol–water partition coefficient (Wildman–Crippen LogP) is 7.18. The van der Waals surface area contributed by atoms with Crippen LogP contribution in [0.25, 0.3) is 20.3 Å². The molecular formula is C30H31NO7S2. The lowest BCUT2D eigenvalue weighted by atomic mass is 10.0. The zero-order valence-corrected chi connectivity index (χ0v) is 24.1. The van der Waals surface area contributed by atoms with Crippen LogP contribution in [0.5, 0.6) is 11.5 Å². The van der Waals surface area contributed by atoms with Crippen molar-refractivity contribution in [1.29, 1.82) is 0 Å². The lowest BCUT2D eigenvalue weighted by molar-refractivity contribution is -0.136. The first-order valence-electron chi connectivity index (χ1n) is 12.9. The van der Waals surface area contributed by atoms with Crippen LogP contribution in [0, 0.1) is 0 Å². The Morgan fingerprint density at radius 2 is 1.43 bits per heavy atom. The van der Waals surface area contributed by atoms with Gasteiger partial charge in [0, 0.05) is 30.0 Å². The van der Waals surface area contributed by atoms with Crippen LogP contribution < -0.4 is 9.47 Å². The topological polar surface area (TPSA) is 123 Å². The molecule has 0 radical (unpaired) electrons. The Bertz CT molecular complexity index is 1470. The van der Waals surface area contributed by atoms with Crippen molar-refractivity contribution in [2.24, 2.45) is 0 Å². The van der Waals surface area contributed by atoms with Gasteiger partial charge >= 0.3 is 5.97 Å². The monoisotopic (exact) mass is 581 g/mol. The molecule has 0 atom stereocenters. The maximum atomic E-state index is 12.5. The molecule has 0 bridgehead atoms. The molecule has 3 aromatic heterocycles. The number of aromatic nitrogens is 1. The standard InChI is InChI=1S/C30H31NO7S2/c1-17(32)8-9-22(33)28-13-19-12-18(24(37-2)15-26(19)39-28)6-4-5-7-20-25(38-3)16-27-21(31-20)14-29(40-27)23(34)10-11-30(35)36/h12-16,32H,1,4-11H2,2-3H3,(H,35,36). The zero-order chi connectivity index (χ0) is 28.8. The van der Waals surface area contributed by atoms with Crippen molar-refractivity contribution in [2.75, 3.05) is 14.2 Å². The minimum Gasteiger partial charge on any atom is -0.513 e. The van der Waals surface area contributed by atoms with E-state index in [2.05, 4.69) is 12.6 Å².